The van der Waals surface area contributed by atoms with Gasteiger partial charge in [0.1, 0.15) is 5.82 Å². The highest BCUT2D eigenvalue weighted by Crippen LogP contribution is 2.45. The molecule has 0 aliphatic carbocycles. The van der Waals surface area contributed by atoms with Gasteiger partial charge in [-0.2, -0.15) is 0 Å². The van der Waals surface area contributed by atoms with E-state index in [1.807, 2.05) is 29.2 Å². The number of anilines is 2. The number of halogens is 1. The summed E-state index contributed by atoms with van der Waals surface area (Å²) in [5.41, 5.74) is 0.829. The summed E-state index contributed by atoms with van der Waals surface area (Å²) in [5.74, 6) is 0.784. The van der Waals surface area contributed by atoms with Gasteiger partial charge in [-0.3, -0.25) is 0 Å². The summed E-state index contributed by atoms with van der Waals surface area (Å²) in [6, 6.07) is 11.9. The third-order valence-electron chi connectivity index (χ3n) is 4.74. The van der Waals surface area contributed by atoms with Crippen LogP contribution in [0.4, 0.5) is 16.3 Å². The van der Waals surface area contributed by atoms with Gasteiger partial charge in [0, 0.05) is 37.6 Å². The van der Waals surface area contributed by atoms with Gasteiger partial charge in [0.05, 0.1) is 5.02 Å². The number of nitrogens with zero attached hydrogens (tertiary/aromatic N) is 3. The first-order chi connectivity index (χ1) is 12.8. The van der Waals surface area contributed by atoms with Crippen molar-refractivity contribution in [3.05, 3.63) is 47.6 Å². The van der Waals surface area contributed by atoms with Crippen molar-refractivity contribution < 1.29 is 4.79 Å². The summed E-state index contributed by atoms with van der Waals surface area (Å²) in [6.45, 7) is 4.09. The monoisotopic (exact) mass is 406 g/mol. The Morgan fingerprint density at radius 3 is 2.48 bits per heavy atom. The fourth-order valence-corrected chi connectivity index (χ4v) is 4.40. The molecule has 0 bridgehead atoms. The van der Waals surface area contributed by atoms with E-state index in [2.05, 4.69) is 53.0 Å². The lowest BCUT2D eigenvalue weighted by Crippen LogP contribution is -2.55. The molecule has 2 amide bonds. The zero-order chi connectivity index (χ0) is 19.6. The maximum atomic E-state index is 12.7. The molecular formula is C20H27ClN4OS. The number of carbonyl (C=O) groups excluding carboxylic acids is 1. The van der Waals surface area contributed by atoms with E-state index in [-0.39, 0.29) is 12.1 Å². The van der Waals surface area contributed by atoms with Gasteiger partial charge in [-0.15, -0.1) is 0 Å². The Kier molecular flexibility index (Phi) is 5.86. The lowest BCUT2D eigenvalue weighted by Gasteiger charge is -2.40. The molecule has 1 aromatic carbocycles. The van der Waals surface area contributed by atoms with Crippen molar-refractivity contribution in [2.75, 3.05) is 48.6 Å². The van der Waals surface area contributed by atoms with E-state index in [1.165, 1.54) is 4.90 Å². The topological polar surface area (TPSA) is 48.5 Å². The van der Waals surface area contributed by atoms with Gasteiger partial charge in [-0.1, -0.05) is 11.6 Å². The summed E-state index contributed by atoms with van der Waals surface area (Å²) in [5, 5.41) is 3.67. The minimum absolute atomic E-state index is 0.0647. The molecule has 0 saturated carbocycles. The van der Waals surface area contributed by atoms with Crippen LogP contribution in [0.1, 0.15) is 6.92 Å². The molecule has 7 heteroatoms. The first-order valence-electron chi connectivity index (χ1n) is 8.97. The zero-order valence-electron chi connectivity index (χ0n) is 16.3. The second kappa shape index (κ2) is 7.98. The average Bonchev–Trinajstić information content (AvgIpc) is 2.61. The Balaban J connectivity index is 1.62. The van der Waals surface area contributed by atoms with Crippen molar-refractivity contribution in [2.45, 2.75) is 17.9 Å². The van der Waals surface area contributed by atoms with E-state index in [1.54, 1.807) is 6.20 Å². The molecule has 2 aromatic rings. The maximum Gasteiger partial charge on any atom is 0.322 e. The van der Waals surface area contributed by atoms with Crippen LogP contribution >= 0.6 is 21.6 Å². The molecule has 1 fully saturated rings. The first-order valence-corrected chi connectivity index (χ1v) is 12.2. The van der Waals surface area contributed by atoms with Gasteiger partial charge in [-0.25, -0.2) is 19.8 Å². The molecule has 1 aliphatic rings. The van der Waals surface area contributed by atoms with Crippen LogP contribution in [0.25, 0.3) is 0 Å². The highest BCUT2D eigenvalue weighted by atomic mass is 35.5. The van der Waals surface area contributed by atoms with E-state index < -0.39 is 10.0 Å². The minimum Gasteiger partial charge on any atom is -0.352 e. The molecule has 1 atom stereocenters. The predicted molar refractivity (Wildman–Crippen MR) is 117 cm³/mol. The highest BCUT2D eigenvalue weighted by Gasteiger charge is 2.29. The number of carbonyl (C=O) groups is 1. The lowest BCUT2D eigenvalue weighted by molar-refractivity contribution is 0.184. The van der Waals surface area contributed by atoms with Gasteiger partial charge < -0.3 is 15.1 Å². The van der Waals surface area contributed by atoms with Crippen LogP contribution in [0.2, 0.25) is 5.02 Å². The van der Waals surface area contributed by atoms with Crippen LogP contribution in [0, 0.1) is 0 Å². The van der Waals surface area contributed by atoms with Crippen molar-refractivity contribution in [3.63, 3.8) is 0 Å². The molecule has 2 heterocycles. The molecule has 0 spiro atoms. The first kappa shape index (κ1) is 19.8. The Morgan fingerprint density at radius 2 is 1.89 bits per heavy atom. The summed E-state index contributed by atoms with van der Waals surface area (Å²) < 4.78 is 0. The number of urea groups is 1. The molecular weight excluding hydrogens is 380 g/mol. The Hall–Kier alpha value is -1.92. The number of amides is 2. The van der Waals surface area contributed by atoms with Crippen molar-refractivity contribution >= 4 is 39.2 Å². The third kappa shape index (κ3) is 4.68. The molecule has 3 rings (SSSR count). The Bertz CT molecular complexity index is 806. The van der Waals surface area contributed by atoms with E-state index in [9.17, 15) is 4.79 Å². The summed E-state index contributed by atoms with van der Waals surface area (Å²) in [4.78, 5) is 22.4. The number of pyridine rings is 1. The fourth-order valence-electron chi connectivity index (χ4n) is 3.20. The summed E-state index contributed by atoms with van der Waals surface area (Å²) in [7, 11) is -0.759. The Labute approximate surface area is 168 Å². The number of hydrogen-bond donors (Lipinski definition) is 1. The quantitative estimate of drug-likeness (QED) is 0.814. The average molecular weight is 407 g/mol. The van der Waals surface area contributed by atoms with E-state index >= 15 is 0 Å². The lowest BCUT2D eigenvalue weighted by atomic mass is 10.2. The molecule has 1 aromatic heterocycles. The summed E-state index contributed by atoms with van der Waals surface area (Å²) in [6.07, 6.45) is 8.52. The van der Waals surface area contributed by atoms with Crippen LogP contribution in [0.3, 0.4) is 0 Å². The number of nitrogens with one attached hydrogen (secondary N) is 1. The molecule has 146 valence electrons. The largest absolute Gasteiger partial charge is 0.352 e. The second-order valence-electron chi connectivity index (χ2n) is 7.59. The fraction of sp³-hybridized carbons (Fsp3) is 0.400. The number of rotatable bonds is 3. The van der Waals surface area contributed by atoms with E-state index in [0.29, 0.717) is 24.7 Å². The van der Waals surface area contributed by atoms with Crippen LogP contribution in [0.5, 0.6) is 0 Å². The van der Waals surface area contributed by atoms with Crippen molar-refractivity contribution in [3.8, 4) is 0 Å². The van der Waals surface area contributed by atoms with Gasteiger partial charge in [0.2, 0.25) is 0 Å². The van der Waals surface area contributed by atoms with Crippen LogP contribution in [0.15, 0.2) is 47.5 Å². The minimum atomic E-state index is -0.759. The number of piperazine rings is 1. The van der Waals surface area contributed by atoms with Crippen LogP contribution in [-0.4, -0.2) is 60.4 Å². The molecule has 1 unspecified atom stereocenters. The smallest absolute Gasteiger partial charge is 0.322 e. The molecule has 1 N–H and O–H groups in total. The molecule has 0 radical (unpaired) electrons. The highest BCUT2D eigenvalue weighted by molar-refractivity contribution is 8.32. The van der Waals surface area contributed by atoms with Gasteiger partial charge >= 0.3 is 6.03 Å². The van der Waals surface area contributed by atoms with E-state index in [4.69, 9.17) is 11.6 Å². The standard InChI is InChI=1S/C20H27ClN4OS/c1-15-14-24(19-18(21)6-5-11-22-19)12-13-25(15)20(26)23-16-7-9-17(10-8-16)27(2,3)4/h5-11,15H,12-14H2,1-4H3,(H,23,26). The second-order valence-corrected chi connectivity index (χ2v) is 12.1. The third-order valence-corrected chi connectivity index (χ3v) is 6.72. The summed E-state index contributed by atoms with van der Waals surface area (Å²) >= 11 is 6.26. The molecule has 27 heavy (non-hydrogen) atoms. The molecule has 1 aliphatic heterocycles. The number of benzene rings is 1. The van der Waals surface area contributed by atoms with Crippen LogP contribution in [-0.2, 0) is 0 Å². The van der Waals surface area contributed by atoms with Crippen molar-refractivity contribution in [2.24, 2.45) is 0 Å². The molecule has 1 saturated heterocycles. The predicted octanol–water partition coefficient (Wildman–Crippen LogP) is 4.53. The normalized spacial score (nSPS) is 18.3. The molecule has 5 nitrogen and oxygen atoms in total. The number of hydrogen-bond acceptors (Lipinski definition) is 3. The van der Waals surface area contributed by atoms with Gasteiger partial charge in [-0.05, 0) is 67.0 Å². The zero-order valence-corrected chi connectivity index (χ0v) is 17.8. The SMILES string of the molecule is CC1CN(c2ncccc2Cl)CCN1C(=O)Nc1ccc(S(C)(C)C)cc1. The van der Waals surface area contributed by atoms with Crippen molar-refractivity contribution in [1.82, 2.24) is 9.88 Å². The van der Waals surface area contributed by atoms with E-state index in [0.717, 1.165) is 11.5 Å². The number of aromatic nitrogens is 1. The van der Waals surface area contributed by atoms with Gasteiger partial charge in [0.25, 0.3) is 0 Å². The van der Waals surface area contributed by atoms with Crippen LogP contribution < -0.4 is 10.2 Å². The maximum absolute atomic E-state index is 12.7. The van der Waals surface area contributed by atoms with Crippen molar-refractivity contribution in [1.29, 1.82) is 0 Å². The Morgan fingerprint density at radius 1 is 1.19 bits per heavy atom. The van der Waals surface area contributed by atoms with Gasteiger partial charge in [0.15, 0.2) is 0 Å².